The lowest BCUT2D eigenvalue weighted by Crippen LogP contribution is -2.35. The summed E-state index contributed by atoms with van der Waals surface area (Å²) >= 11 is 0. The van der Waals surface area contributed by atoms with E-state index in [-0.39, 0.29) is 12.5 Å². The summed E-state index contributed by atoms with van der Waals surface area (Å²) in [5.41, 5.74) is 3.85. The Kier molecular flexibility index (Phi) is 13.3. The van der Waals surface area contributed by atoms with E-state index in [0.717, 1.165) is 31.3 Å². The molecular weight excluding hydrogens is 365 g/mol. The molecule has 0 spiro atoms. The average molecular weight is 401 g/mol. The molecule has 27 heavy (non-hydrogen) atoms. The minimum absolute atomic E-state index is 0.00739. The number of carbonyl (C=O) groups excluding carboxylic acids is 1. The summed E-state index contributed by atoms with van der Waals surface area (Å²) in [7, 11) is -1.06. The van der Waals surface area contributed by atoms with E-state index in [0.29, 0.717) is 0 Å². The standard InChI is InChI=1S/C20H36NO5P/c1-16(2)10-8-11-17(3)12-9-13-18(4)14-20(21-19(5)22)15-26-27(23,24-6)25-7/h10,12,14,20H,8-9,11,13,15H2,1-7H3,(H,21,22)/b17-12+,18-14+. The van der Waals surface area contributed by atoms with Gasteiger partial charge in [0.1, 0.15) is 0 Å². The lowest BCUT2D eigenvalue weighted by Gasteiger charge is -2.19. The summed E-state index contributed by atoms with van der Waals surface area (Å²) < 4.78 is 26.7. The Balaban J connectivity index is 4.68. The van der Waals surface area contributed by atoms with Gasteiger partial charge in [0.05, 0.1) is 12.6 Å². The van der Waals surface area contributed by atoms with Gasteiger partial charge in [-0.1, -0.05) is 34.9 Å². The van der Waals surface area contributed by atoms with Crippen molar-refractivity contribution >= 4 is 13.7 Å². The molecule has 0 rings (SSSR count). The molecule has 7 heteroatoms. The number of hydrogen-bond acceptors (Lipinski definition) is 5. The van der Waals surface area contributed by atoms with Crippen LogP contribution in [0.15, 0.2) is 34.9 Å². The van der Waals surface area contributed by atoms with Crippen LogP contribution >= 0.6 is 7.82 Å². The lowest BCUT2D eigenvalue weighted by atomic mass is 10.1. The third-order valence-corrected chi connectivity index (χ3v) is 5.22. The number of amides is 1. The van der Waals surface area contributed by atoms with Crippen LogP contribution in [0, 0.1) is 0 Å². The third-order valence-electron chi connectivity index (χ3n) is 3.86. The highest BCUT2D eigenvalue weighted by Crippen LogP contribution is 2.47. The first-order chi connectivity index (χ1) is 12.6. The predicted octanol–water partition coefficient (Wildman–Crippen LogP) is 5.33. The van der Waals surface area contributed by atoms with Crippen LogP contribution in [0.25, 0.3) is 0 Å². The number of allylic oxidation sites excluding steroid dienone is 5. The number of rotatable bonds is 13. The van der Waals surface area contributed by atoms with Crippen LogP contribution in [0.3, 0.4) is 0 Å². The van der Waals surface area contributed by atoms with Gasteiger partial charge in [-0.05, 0) is 53.4 Å². The zero-order valence-corrected chi connectivity index (χ0v) is 18.7. The summed E-state index contributed by atoms with van der Waals surface area (Å²) in [5, 5.41) is 2.77. The molecule has 0 aliphatic rings. The molecule has 0 heterocycles. The molecule has 1 unspecified atom stereocenters. The first-order valence-electron chi connectivity index (χ1n) is 9.21. The maximum atomic E-state index is 12.0. The van der Waals surface area contributed by atoms with E-state index in [1.165, 1.54) is 32.3 Å². The molecule has 0 saturated heterocycles. The average Bonchev–Trinajstić information content (AvgIpc) is 2.58. The quantitative estimate of drug-likeness (QED) is 0.334. The van der Waals surface area contributed by atoms with Crippen LogP contribution in [-0.4, -0.2) is 32.8 Å². The van der Waals surface area contributed by atoms with Gasteiger partial charge >= 0.3 is 7.82 Å². The Hall–Kier alpha value is -1.20. The number of phosphoric ester groups is 1. The summed E-state index contributed by atoms with van der Waals surface area (Å²) in [6.07, 6.45) is 10.4. The van der Waals surface area contributed by atoms with Gasteiger partial charge in [0.25, 0.3) is 0 Å². The van der Waals surface area contributed by atoms with E-state index in [4.69, 9.17) is 13.6 Å². The Labute approximate surface area is 164 Å². The first kappa shape index (κ1) is 25.8. The molecule has 1 amide bonds. The lowest BCUT2D eigenvalue weighted by molar-refractivity contribution is -0.119. The van der Waals surface area contributed by atoms with E-state index in [1.807, 2.05) is 13.0 Å². The van der Waals surface area contributed by atoms with Crippen LogP contribution in [0.5, 0.6) is 0 Å². The van der Waals surface area contributed by atoms with Crippen molar-refractivity contribution in [3.05, 3.63) is 34.9 Å². The molecule has 0 aromatic carbocycles. The molecule has 1 atom stereocenters. The smallest absolute Gasteiger partial charge is 0.348 e. The Morgan fingerprint density at radius 3 is 2.04 bits per heavy atom. The summed E-state index contributed by atoms with van der Waals surface area (Å²) in [6, 6.07) is -0.399. The fourth-order valence-electron chi connectivity index (χ4n) is 2.41. The maximum Gasteiger partial charge on any atom is 0.474 e. The molecule has 156 valence electrons. The van der Waals surface area contributed by atoms with Gasteiger partial charge in [-0.15, -0.1) is 0 Å². The topological polar surface area (TPSA) is 73.9 Å². The molecule has 0 radical (unpaired) electrons. The van der Waals surface area contributed by atoms with Crippen molar-refractivity contribution in [1.82, 2.24) is 5.32 Å². The second-order valence-electron chi connectivity index (χ2n) is 6.84. The summed E-state index contributed by atoms with van der Waals surface area (Å²) in [4.78, 5) is 11.4. The monoisotopic (exact) mass is 401 g/mol. The zero-order valence-electron chi connectivity index (χ0n) is 17.8. The fraction of sp³-hybridized carbons (Fsp3) is 0.650. The Bertz CT molecular complexity index is 583. The van der Waals surface area contributed by atoms with Crippen molar-refractivity contribution in [2.75, 3.05) is 20.8 Å². The molecule has 0 aromatic rings. The van der Waals surface area contributed by atoms with E-state index < -0.39 is 13.9 Å². The molecule has 0 fully saturated rings. The normalized spacial score (nSPS) is 14.0. The molecule has 6 nitrogen and oxygen atoms in total. The van der Waals surface area contributed by atoms with Gasteiger partial charge in [-0.25, -0.2) is 4.57 Å². The largest absolute Gasteiger partial charge is 0.474 e. The third kappa shape index (κ3) is 13.6. The minimum atomic E-state index is -3.57. The Morgan fingerprint density at radius 1 is 0.963 bits per heavy atom. The first-order valence-corrected chi connectivity index (χ1v) is 10.7. The molecule has 0 saturated carbocycles. The van der Waals surface area contributed by atoms with Gasteiger partial charge in [0.15, 0.2) is 0 Å². The second kappa shape index (κ2) is 13.9. The molecular formula is C20H36NO5P. The molecule has 0 aromatic heterocycles. The zero-order chi connectivity index (χ0) is 20.9. The maximum absolute atomic E-state index is 12.0. The van der Waals surface area contributed by atoms with Crippen LogP contribution in [0.2, 0.25) is 0 Å². The number of carbonyl (C=O) groups is 1. The van der Waals surface area contributed by atoms with E-state index in [1.54, 1.807) is 0 Å². The number of hydrogen-bond donors (Lipinski definition) is 1. The van der Waals surface area contributed by atoms with E-state index in [2.05, 4.69) is 38.2 Å². The minimum Gasteiger partial charge on any atom is -0.348 e. The van der Waals surface area contributed by atoms with Crippen LogP contribution in [-0.2, 0) is 22.9 Å². The van der Waals surface area contributed by atoms with E-state index in [9.17, 15) is 9.36 Å². The SMILES string of the molecule is COP(=O)(OC)OCC(/C=C(\C)CC/C=C(\C)CCC=C(C)C)NC(C)=O. The van der Waals surface area contributed by atoms with Crippen molar-refractivity contribution in [1.29, 1.82) is 0 Å². The fourth-order valence-corrected chi connectivity index (χ4v) is 3.11. The number of phosphoric acid groups is 1. The molecule has 0 aliphatic carbocycles. The van der Waals surface area contributed by atoms with Crippen molar-refractivity contribution in [2.24, 2.45) is 0 Å². The van der Waals surface area contributed by atoms with Gasteiger partial charge < -0.3 is 5.32 Å². The van der Waals surface area contributed by atoms with Crippen LogP contribution in [0.4, 0.5) is 0 Å². The summed E-state index contributed by atoms with van der Waals surface area (Å²) in [6.45, 7) is 9.82. The molecule has 0 bridgehead atoms. The molecule has 1 N–H and O–H groups in total. The van der Waals surface area contributed by atoms with Gasteiger partial charge in [-0.3, -0.25) is 18.4 Å². The molecule has 0 aliphatic heterocycles. The Morgan fingerprint density at radius 2 is 1.52 bits per heavy atom. The van der Waals surface area contributed by atoms with Gasteiger partial charge in [0, 0.05) is 21.1 Å². The highest BCUT2D eigenvalue weighted by molar-refractivity contribution is 7.48. The highest BCUT2D eigenvalue weighted by Gasteiger charge is 2.24. The van der Waals surface area contributed by atoms with Crippen molar-refractivity contribution in [3.63, 3.8) is 0 Å². The van der Waals surface area contributed by atoms with Crippen molar-refractivity contribution < 1.29 is 22.9 Å². The van der Waals surface area contributed by atoms with Crippen molar-refractivity contribution in [2.45, 2.75) is 66.3 Å². The number of nitrogens with one attached hydrogen (secondary N) is 1. The predicted molar refractivity (Wildman–Crippen MR) is 111 cm³/mol. The van der Waals surface area contributed by atoms with Gasteiger partial charge in [-0.2, -0.15) is 0 Å². The van der Waals surface area contributed by atoms with Crippen molar-refractivity contribution in [3.8, 4) is 0 Å². The van der Waals surface area contributed by atoms with E-state index >= 15 is 0 Å². The second-order valence-corrected chi connectivity index (χ2v) is 8.72. The highest BCUT2D eigenvalue weighted by atomic mass is 31.2. The summed E-state index contributed by atoms with van der Waals surface area (Å²) in [5.74, 6) is -0.188. The van der Waals surface area contributed by atoms with Crippen LogP contribution in [0.1, 0.15) is 60.3 Å². The van der Waals surface area contributed by atoms with Gasteiger partial charge in [0.2, 0.25) is 5.91 Å². The van der Waals surface area contributed by atoms with Crippen LogP contribution < -0.4 is 5.32 Å².